The molecular weight excluding hydrogens is 1040 g/mol. The second-order valence-electron chi connectivity index (χ2n) is 16.6. The monoisotopic (exact) mass is 1070 g/mol. The van der Waals surface area contributed by atoms with Crippen LogP contribution in [0.25, 0.3) is 0 Å². The van der Waals surface area contributed by atoms with E-state index in [-0.39, 0.29) is 16.7 Å². The van der Waals surface area contributed by atoms with Crippen LogP contribution in [0.5, 0.6) is 0 Å². The lowest BCUT2D eigenvalue weighted by atomic mass is 9.12. The van der Waals surface area contributed by atoms with E-state index >= 15 is 35.1 Å². The number of rotatable bonds is 11. The molecule has 7 rings (SSSR count). The molecule has 0 aromatic heterocycles. The topological polar surface area (TPSA) is 17.1 Å². The molecule has 0 radical (unpaired) electrons. The maximum Gasteiger partial charge on any atom is 0.212 e. The van der Waals surface area contributed by atoms with E-state index in [0.717, 1.165) is 5.56 Å². The molecule has 7 aromatic carbocycles. The summed E-state index contributed by atoms with van der Waals surface area (Å²) in [6.45, 7) is 8.83. The molecule has 0 fully saturated rings. The van der Waals surface area contributed by atoms with Crippen molar-refractivity contribution >= 4 is 44.7 Å². The second kappa shape index (κ2) is 21.4. The molecule has 23 heteroatoms. The van der Waals surface area contributed by atoms with E-state index in [1.807, 2.05) is 30.3 Å². The van der Waals surface area contributed by atoms with Gasteiger partial charge in [0.2, 0.25) is 5.78 Å². The van der Waals surface area contributed by atoms with Gasteiger partial charge in [-0.05, 0) is 47.2 Å². The summed E-state index contributed by atoms with van der Waals surface area (Å²) in [6, 6.07) is 27.3. The van der Waals surface area contributed by atoms with Gasteiger partial charge in [-0.1, -0.05) is 82.3 Å². The average molecular weight is 1070 g/mol. The molecule has 0 aliphatic heterocycles. The average Bonchev–Trinajstić information content (AvgIpc) is 3.38. The van der Waals surface area contributed by atoms with Crippen LogP contribution in [0.15, 0.2) is 88.7 Å². The van der Waals surface area contributed by atoms with Crippen LogP contribution < -0.4 is 21.9 Å². The Morgan fingerprint density at radius 1 is 0.342 bits per heavy atom. The SMILES string of the molecule is CC(C)c1ccc([S+](CC(=O)c2ccccc2)c2ccc(C(C)C)cc2)cc1.Fc1c(F)c(F)c([B-](c2c(F)c(F)c(F)c(F)c2F)(c2c(F)c(F)c(F)c(F)c2F)c2c(F)c(F)c(F)c(F)c2F)c(F)c1F. The van der Waals surface area contributed by atoms with Crippen molar-refractivity contribution in [2.45, 2.75) is 49.3 Å². The molecule has 1 nitrogen and oxygen atoms in total. The van der Waals surface area contributed by atoms with Crippen molar-refractivity contribution in [1.82, 2.24) is 0 Å². The molecule has 0 aliphatic carbocycles. The van der Waals surface area contributed by atoms with Crippen LogP contribution in [0.3, 0.4) is 0 Å². The van der Waals surface area contributed by atoms with Gasteiger partial charge < -0.3 is 0 Å². The Labute approximate surface area is 403 Å². The number of hydrogen-bond acceptors (Lipinski definition) is 1. The molecule has 0 N–H and O–H groups in total. The molecular formula is C50H29BF20OS. The Bertz CT molecular complexity index is 2840. The van der Waals surface area contributed by atoms with Gasteiger partial charge in [0.1, 0.15) is 52.7 Å². The van der Waals surface area contributed by atoms with E-state index in [0.29, 0.717) is 17.6 Å². The fraction of sp³-hybridized carbons (Fsp3) is 0.140. The lowest BCUT2D eigenvalue weighted by Crippen LogP contribution is -2.81. The largest absolute Gasteiger partial charge is 0.289 e. The first-order valence-corrected chi connectivity index (χ1v) is 22.3. The summed E-state index contributed by atoms with van der Waals surface area (Å²) in [5, 5.41) is 0. The number of hydrogen-bond donors (Lipinski definition) is 0. The molecule has 7 aromatic rings. The van der Waals surface area contributed by atoms with Crippen LogP contribution in [0.1, 0.15) is 61.0 Å². The summed E-state index contributed by atoms with van der Waals surface area (Å²) < 4.78 is 294. The van der Waals surface area contributed by atoms with Crippen molar-refractivity contribution in [3.63, 3.8) is 0 Å². The minimum Gasteiger partial charge on any atom is -0.289 e. The second-order valence-corrected chi connectivity index (χ2v) is 18.6. The zero-order chi connectivity index (χ0) is 54.5. The Kier molecular flexibility index (Phi) is 16.3. The minimum atomic E-state index is -7.22. The third-order valence-corrected chi connectivity index (χ3v) is 14.0. The normalized spacial score (nSPS) is 11.8. The van der Waals surface area contributed by atoms with Crippen molar-refractivity contribution in [3.05, 3.63) is 212 Å². The molecule has 0 spiro atoms. The zero-order valence-corrected chi connectivity index (χ0v) is 38.1. The number of benzene rings is 7. The molecule has 0 amide bonds. The van der Waals surface area contributed by atoms with E-state index < -0.39 is 144 Å². The van der Waals surface area contributed by atoms with Crippen molar-refractivity contribution in [2.75, 3.05) is 5.75 Å². The number of halogens is 20. The quantitative estimate of drug-likeness (QED) is 0.0315. The standard InChI is InChI=1S/C26H29OS.C24BF20/c1-19(2)21-10-14-24(15-11-21)28(18-26(27)23-8-6-5-7-9-23)25-16-12-22(13-17-25)20(3)4;26-5-1(6(27)14(35)21(42)13(5)34)25(2-7(28)15(36)22(43)16(37)8(2)29,3-9(30)17(38)23(44)18(39)10(3)31)4-11(32)19(40)24(45)20(41)12(4)33/h5-17,19-20H,18H2,1-4H3;/q+1;-1. The van der Waals surface area contributed by atoms with Crippen LogP contribution in [0.2, 0.25) is 0 Å². The van der Waals surface area contributed by atoms with Crippen molar-refractivity contribution in [3.8, 4) is 0 Å². The Hall–Kier alpha value is -6.78. The van der Waals surface area contributed by atoms with Crippen molar-refractivity contribution in [2.24, 2.45) is 0 Å². The smallest absolute Gasteiger partial charge is 0.212 e. The van der Waals surface area contributed by atoms with Crippen LogP contribution in [0, 0.1) is 116 Å². The van der Waals surface area contributed by atoms with Crippen LogP contribution in [-0.2, 0) is 10.9 Å². The first-order valence-electron chi connectivity index (χ1n) is 20.9. The highest BCUT2D eigenvalue weighted by atomic mass is 32.2. The van der Waals surface area contributed by atoms with Gasteiger partial charge in [-0.15, -0.1) is 21.9 Å². The molecule has 0 atom stereocenters. The van der Waals surface area contributed by atoms with Gasteiger partial charge in [0.05, 0.1) is 10.9 Å². The lowest BCUT2D eigenvalue weighted by Gasteiger charge is -2.44. The Morgan fingerprint density at radius 3 is 0.781 bits per heavy atom. The molecule has 0 saturated carbocycles. The first-order chi connectivity index (χ1) is 34.2. The van der Waals surface area contributed by atoms with Crippen molar-refractivity contribution in [1.29, 1.82) is 0 Å². The molecule has 0 heterocycles. The van der Waals surface area contributed by atoms with Gasteiger partial charge in [0.15, 0.2) is 85.4 Å². The number of carbonyl (C=O) groups is 1. The highest BCUT2D eigenvalue weighted by Crippen LogP contribution is 2.32. The third-order valence-electron chi connectivity index (χ3n) is 11.7. The third kappa shape index (κ3) is 9.55. The maximum atomic E-state index is 15.4. The van der Waals surface area contributed by atoms with Gasteiger partial charge in [-0.2, -0.15) is 0 Å². The van der Waals surface area contributed by atoms with E-state index in [9.17, 15) is 57.5 Å². The van der Waals surface area contributed by atoms with E-state index in [4.69, 9.17) is 0 Å². The predicted octanol–water partition coefficient (Wildman–Crippen LogP) is 12.7. The van der Waals surface area contributed by atoms with Crippen LogP contribution in [0.4, 0.5) is 87.8 Å². The Morgan fingerprint density at radius 2 is 0.562 bits per heavy atom. The van der Waals surface area contributed by atoms with Gasteiger partial charge in [0, 0.05) is 5.56 Å². The van der Waals surface area contributed by atoms with Gasteiger partial charge >= 0.3 is 0 Å². The molecule has 0 aliphatic rings. The highest BCUT2D eigenvalue weighted by molar-refractivity contribution is 7.97. The van der Waals surface area contributed by atoms with Crippen molar-refractivity contribution < 1.29 is 92.6 Å². The summed E-state index contributed by atoms with van der Waals surface area (Å²) in [6.07, 6.45) is -7.22. The van der Waals surface area contributed by atoms with Gasteiger partial charge in [-0.3, -0.25) is 4.79 Å². The summed E-state index contributed by atoms with van der Waals surface area (Å²) in [7, 11) is -0.274. The fourth-order valence-electron chi connectivity index (χ4n) is 8.05. The van der Waals surface area contributed by atoms with Gasteiger partial charge in [0.25, 0.3) is 0 Å². The Balaban J connectivity index is 0.000000265. The molecule has 384 valence electrons. The number of carbonyl (C=O) groups excluding carboxylic acids is 1. The number of ketones is 1. The van der Waals surface area contributed by atoms with Gasteiger partial charge in [-0.25, -0.2) is 87.8 Å². The summed E-state index contributed by atoms with van der Waals surface area (Å²) in [5.74, 6) is -69.7. The summed E-state index contributed by atoms with van der Waals surface area (Å²) >= 11 is 0. The van der Waals surface area contributed by atoms with E-state index in [1.54, 1.807) is 0 Å². The maximum absolute atomic E-state index is 15.4. The van der Waals surface area contributed by atoms with Crippen LogP contribution in [-0.4, -0.2) is 17.7 Å². The lowest BCUT2D eigenvalue weighted by molar-refractivity contribution is 0.102. The molecule has 73 heavy (non-hydrogen) atoms. The predicted molar refractivity (Wildman–Crippen MR) is 230 cm³/mol. The number of Topliss-reactive ketones (excluding diaryl/α,β-unsaturated/α-hetero) is 1. The fourth-order valence-corrected chi connectivity index (χ4v) is 10.0. The molecule has 0 unspecified atom stereocenters. The molecule has 0 bridgehead atoms. The van der Waals surface area contributed by atoms with E-state index in [1.165, 1.54) is 20.9 Å². The highest BCUT2D eigenvalue weighted by Gasteiger charge is 2.52. The molecule has 0 saturated heterocycles. The van der Waals surface area contributed by atoms with E-state index in [2.05, 4.69) is 76.2 Å². The summed E-state index contributed by atoms with van der Waals surface area (Å²) in [5.41, 5.74) is -10.9. The summed E-state index contributed by atoms with van der Waals surface area (Å²) in [4.78, 5) is 15.4. The van der Waals surface area contributed by atoms with Crippen LogP contribution >= 0.6 is 0 Å². The first kappa shape index (κ1) is 55.5. The minimum absolute atomic E-state index is 0.199. The zero-order valence-electron chi connectivity index (χ0n) is 37.3.